The highest BCUT2D eigenvalue weighted by Crippen LogP contribution is 2.18. The number of para-hydroxylation sites is 1. The van der Waals surface area contributed by atoms with Crippen molar-refractivity contribution >= 4 is 28.6 Å². The summed E-state index contributed by atoms with van der Waals surface area (Å²) < 4.78 is 7.47. The number of carbonyl (C=O) groups excluding carboxylic acids is 2. The minimum absolute atomic E-state index is 0.145. The molecule has 2 heterocycles. The Balaban J connectivity index is 1.70. The summed E-state index contributed by atoms with van der Waals surface area (Å²) in [6.45, 7) is 1.98. The van der Waals surface area contributed by atoms with Crippen molar-refractivity contribution in [1.82, 2.24) is 14.1 Å². The Hall–Kier alpha value is -4.40. The van der Waals surface area contributed by atoms with Crippen molar-refractivity contribution in [3.8, 4) is 5.69 Å². The third-order valence-corrected chi connectivity index (χ3v) is 4.94. The van der Waals surface area contributed by atoms with Crippen LogP contribution < -0.4 is 16.6 Å². The Morgan fingerprint density at radius 2 is 1.72 bits per heavy atom. The number of aromatic amines is 1. The van der Waals surface area contributed by atoms with E-state index in [-0.39, 0.29) is 23.2 Å². The van der Waals surface area contributed by atoms with Crippen LogP contribution in [0, 0.1) is 0 Å². The van der Waals surface area contributed by atoms with E-state index >= 15 is 0 Å². The highest BCUT2D eigenvalue weighted by molar-refractivity contribution is 6.11. The van der Waals surface area contributed by atoms with Crippen LogP contribution in [0.2, 0.25) is 0 Å². The van der Waals surface area contributed by atoms with Crippen molar-refractivity contribution < 1.29 is 14.3 Å². The van der Waals surface area contributed by atoms with E-state index in [4.69, 9.17) is 4.74 Å². The first-order valence-corrected chi connectivity index (χ1v) is 9.89. The lowest BCUT2D eigenvalue weighted by Crippen LogP contribution is -2.34. The second kappa shape index (κ2) is 8.38. The first-order chi connectivity index (χ1) is 15.4. The number of esters is 1. The van der Waals surface area contributed by atoms with Gasteiger partial charge in [0.05, 0.1) is 28.9 Å². The monoisotopic (exact) mass is 432 g/mol. The summed E-state index contributed by atoms with van der Waals surface area (Å²) in [6, 6.07) is 14.8. The molecule has 2 aromatic heterocycles. The number of aryl methyl sites for hydroxylation is 1. The number of carbonyl (C=O) groups is 2. The first kappa shape index (κ1) is 20.9. The number of benzene rings is 2. The molecule has 0 spiro atoms. The molecular formula is C23H20N4O5. The fourth-order valence-electron chi connectivity index (χ4n) is 3.46. The zero-order valence-corrected chi connectivity index (χ0v) is 17.4. The van der Waals surface area contributed by atoms with E-state index in [9.17, 15) is 19.2 Å². The third-order valence-electron chi connectivity index (χ3n) is 4.94. The van der Waals surface area contributed by atoms with Crippen LogP contribution in [-0.2, 0) is 11.8 Å². The van der Waals surface area contributed by atoms with Gasteiger partial charge in [-0.25, -0.2) is 14.2 Å². The van der Waals surface area contributed by atoms with Gasteiger partial charge in [0.1, 0.15) is 5.52 Å². The smallest absolute Gasteiger partial charge is 0.338 e. The van der Waals surface area contributed by atoms with Gasteiger partial charge < -0.3 is 19.6 Å². The van der Waals surface area contributed by atoms with Crippen molar-refractivity contribution in [2.45, 2.75) is 6.92 Å². The summed E-state index contributed by atoms with van der Waals surface area (Å²) in [7, 11) is 1.63. The molecule has 9 nitrogen and oxygen atoms in total. The van der Waals surface area contributed by atoms with Gasteiger partial charge in [0, 0.05) is 18.9 Å². The molecule has 0 saturated heterocycles. The standard InChI is InChI=1S/C23H20N4O5/c1-3-32-22(30)14-9-11-15(12-10-14)24-20(28)17-13-26(2)19-18(17)25-23(31)27(21(19)29)16-7-5-4-6-8-16/h4-13H,3H2,1-2H3,(H,24,28)(H,25,31). The number of rotatable bonds is 5. The number of nitrogens with zero attached hydrogens (tertiary/aromatic N) is 2. The molecule has 9 heteroatoms. The Bertz CT molecular complexity index is 1430. The summed E-state index contributed by atoms with van der Waals surface area (Å²) >= 11 is 0. The lowest BCUT2D eigenvalue weighted by molar-refractivity contribution is 0.0526. The second-order valence-corrected chi connectivity index (χ2v) is 7.04. The molecule has 162 valence electrons. The predicted molar refractivity (Wildman–Crippen MR) is 119 cm³/mol. The van der Waals surface area contributed by atoms with Crippen LogP contribution in [-0.4, -0.2) is 32.6 Å². The minimum atomic E-state index is -0.646. The van der Waals surface area contributed by atoms with Crippen molar-refractivity contribution in [2.24, 2.45) is 7.05 Å². The van der Waals surface area contributed by atoms with E-state index in [2.05, 4.69) is 10.3 Å². The van der Waals surface area contributed by atoms with Gasteiger partial charge in [-0.1, -0.05) is 18.2 Å². The van der Waals surface area contributed by atoms with Gasteiger partial charge in [0.2, 0.25) is 0 Å². The van der Waals surface area contributed by atoms with Crippen molar-refractivity contribution in [3.63, 3.8) is 0 Å². The van der Waals surface area contributed by atoms with Gasteiger partial charge in [0.15, 0.2) is 0 Å². The molecule has 0 fully saturated rings. The summed E-state index contributed by atoms with van der Waals surface area (Å²) in [5.41, 5.74) is 0.538. The van der Waals surface area contributed by atoms with Crippen molar-refractivity contribution in [1.29, 1.82) is 0 Å². The summed E-state index contributed by atoms with van der Waals surface area (Å²) in [5.74, 6) is -0.960. The van der Waals surface area contributed by atoms with E-state index in [1.54, 1.807) is 56.4 Å². The van der Waals surface area contributed by atoms with Crippen LogP contribution in [0.15, 0.2) is 70.4 Å². The van der Waals surface area contributed by atoms with E-state index < -0.39 is 23.1 Å². The number of H-pyrrole nitrogens is 1. The summed E-state index contributed by atoms with van der Waals surface area (Å²) in [5, 5.41) is 2.71. The molecule has 0 aliphatic carbocycles. The van der Waals surface area contributed by atoms with Crippen LogP contribution in [0.25, 0.3) is 16.7 Å². The SMILES string of the molecule is CCOC(=O)c1ccc(NC(=O)c2cn(C)c3c(=O)n(-c4ccccc4)c(=O)[nH]c23)cc1. The van der Waals surface area contributed by atoms with Crippen molar-refractivity contribution in [3.05, 3.63) is 92.8 Å². The second-order valence-electron chi connectivity index (χ2n) is 7.04. The van der Waals surface area contributed by atoms with E-state index in [0.717, 1.165) is 4.57 Å². The lowest BCUT2D eigenvalue weighted by atomic mass is 10.2. The fraction of sp³-hybridized carbons (Fsp3) is 0.130. The number of nitrogens with one attached hydrogen (secondary N) is 2. The maximum atomic E-state index is 13.1. The molecular weight excluding hydrogens is 412 g/mol. The molecule has 32 heavy (non-hydrogen) atoms. The average molecular weight is 432 g/mol. The minimum Gasteiger partial charge on any atom is -0.462 e. The number of fused-ring (bicyclic) bond motifs is 1. The first-order valence-electron chi connectivity index (χ1n) is 9.89. The Kier molecular flexibility index (Phi) is 5.46. The topological polar surface area (TPSA) is 115 Å². The molecule has 2 aromatic carbocycles. The maximum absolute atomic E-state index is 13.1. The number of anilines is 1. The predicted octanol–water partition coefficient (Wildman–Crippen LogP) is 2.45. The molecule has 0 aliphatic rings. The van der Waals surface area contributed by atoms with Crippen LogP contribution in [0.1, 0.15) is 27.6 Å². The number of hydrogen-bond acceptors (Lipinski definition) is 5. The number of hydrogen-bond donors (Lipinski definition) is 2. The average Bonchev–Trinajstić information content (AvgIpc) is 3.11. The molecule has 4 rings (SSSR count). The lowest BCUT2D eigenvalue weighted by Gasteiger charge is -2.07. The largest absolute Gasteiger partial charge is 0.462 e. The van der Waals surface area contributed by atoms with Crippen LogP contribution in [0.3, 0.4) is 0 Å². The highest BCUT2D eigenvalue weighted by Gasteiger charge is 2.20. The number of ether oxygens (including phenoxy) is 1. The van der Waals surface area contributed by atoms with Gasteiger partial charge in [-0.2, -0.15) is 0 Å². The van der Waals surface area contributed by atoms with E-state index in [1.165, 1.54) is 22.9 Å². The molecule has 0 saturated carbocycles. The molecule has 0 aliphatic heterocycles. The van der Waals surface area contributed by atoms with Gasteiger partial charge in [-0.05, 0) is 43.3 Å². The molecule has 4 aromatic rings. The quantitative estimate of drug-likeness (QED) is 0.470. The normalized spacial score (nSPS) is 10.8. The third kappa shape index (κ3) is 3.71. The molecule has 0 bridgehead atoms. The Morgan fingerprint density at radius 3 is 2.38 bits per heavy atom. The highest BCUT2D eigenvalue weighted by atomic mass is 16.5. The van der Waals surface area contributed by atoms with Crippen LogP contribution in [0.5, 0.6) is 0 Å². The Labute approximate surface area is 181 Å². The van der Waals surface area contributed by atoms with Gasteiger partial charge >= 0.3 is 11.7 Å². The zero-order chi connectivity index (χ0) is 22.8. The van der Waals surface area contributed by atoms with Gasteiger partial charge in [-0.3, -0.25) is 9.59 Å². The maximum Gasteiger partial charge on any atom is 0.338 e. The summed E-state index contributed by atoms with van der Waals surface area (Å²) in [4.78, 5) is 53.1. The fourth-order valence-corrected chi connectivity index (χ4v) is 3.46. The van der Waals surface area contributed by atoms with Crippen molar-refractivity contribution in [2.75, 3.05) is 11.9 Å². The van der Waals surface area contributed by atoms with E-state index in [0.29, 0.717) is 16.9 Å². The zero-order valence-electron chi connectivity index (χ0n) is 17.4. The van der Waals surface area contributed by atoms with Crippen LogP contribution >= 0.6 is 0 Å². The molecule has 0 atom stereocenters. The summed E-state index contributed by atoms with van der Waals surface area (Å²) in [6.07, 6.45) is 1.49. The van der Waals surface area contributed by atoms with Gasteiger partial charge in [0.25, 0.3) is 11.5 Å². The molecule has 0 unspecified atom stereocenters. The Morgan fingerprint density at radius 1 is 1.03 bits per heavy atom. The van der Waals surface area contributed by atoms with E-state index in [1.807, 2.05) is 0 Å². The molecule has 0 radical (unpaired) electrons. The number of amides is 1. The molecule has 2 N–H and O–H groups in total. The van der Waals surface area contributed by atoms with Gasteiger partial charge in [-0.15, -0.1) is 0 Å². The van der Waals surface area contributed by atoms with Crippen LogP contribution in [0.4, 0.5) is 5.69 Å². The molecule has 1 amide bonds. The number of aromatic nitrogens is 3.